The van der Waals surface area contributed by atoms with Crippen LogP contribution < -0.4 is 4.90 Å². The lowest BCUT2D eigenvalue weighted by atomic mass is 9.94. The van der Waals surface area contributed by atoms with Gasteiger partial charge in [0, 0.05) is 18.7 Å². The first kappa shape index (κ1) is 18.9. The third-order valence-electron chi connectivity index (χ3n) is 4.87. The van der Waals surface area contributed by atoms with Crippen molar-refractivity contribution in [1.29, 1.82) is 0 Å². The van der Waals surface area contributed by atoms with E-state index in [1.807, 2.05) is 36.4 Å². The molecule has 2 aromatic rings. The highest BCUT2D eigenvalue weighted by molar-refractivity contribution is 6.29. The summed E-state index contributed by atoms with van der Waals surface area (Å²) in [5.74, 6) is -0.551. The fourth-order valence-electron chi connectivity index (χ4n) is 3.47. The molecular weight excluding hydrogens is 362 g/mol. The Morgan fingerprint density at radius 3 is 2.11 bits per heavy atom. The first-order valence-corrected chi connectivity index (χ1v) is 9.32. The number of nitrogens with zero attached hydrogens (tertiary/aromatic N) is 3. The molecule has 138 valence electrons. The van der Waals surface area contributed by atoms with Gasteiger partial charge in [0.15, 0.2) is 0 Å². The lowest BCUT2D eigenvalue weighted by Gasteiger charge is -2.40. The molecule has 27 heavy (non-hydrogen) atoms. The predicted octanol–water partition coefficient (Wildman–Crippen LogP) is 3.81. The molecule has 0 saturated carbocycles. The molecule has 1 saturated heterocycles. The molecule has 2 aromatic carbocycles. The maximum Gasteiger partial charge on any atom is 0.317 e. The van der Waals surface area contributed by atoms with Crippen molar-refractivity contribution in [3.63, 3.8) is 0 Å². The van der Waals surface area contributed by atoms with E-state index >= 15 is 0 Å². The van der Waals surface area contributed by atoms with Crippen LogP contribution in [0.15, 0.2) is 60.7 Å². The summed E-state index contributed by atoms with van der Waals surface area (Å²) in [7, 11) is 0. The Balaban J connectivity index is 1.83. The molecule has 0 bridgehead atoms. The van der Waals surface area contributed by atoms with Crippen LogP contribution in [0.25, 0.3) is 4.85 Å². The van der Waals surface area contributed by atoms with Crippen LogP contribution >= 0.6 is 11.6 Å². The molecule has 2 amide bonds. The smallest absolute Gasteiger partial charge is 0.317 e. The number of halogens is 1. The molecule has 0 atom stereocenters. The Hall–Kier alpha value is -2.84. The summed E-state index contributed by atoms with van der Waals surface area (Å²) in [5, 5.41) is 0. The molecule has 1 aliphatic rings. The van der Waals surface area contributed by atoms with Crippen LogP contribution in [-0.2, 0) is 4.79 Å². The molecule has 0 spiro atoms. The standard InChI is InChI=1S/C21H20ClN3O2/c1-23-21(25(19(26)16-22)18-10-6-3-7-11-18)12-14-24(15-13-21)20(27)17-8-4-2-5-9-17/h2-11H,12-16H2. The number of hydrogen-bond acceptors (Lipinski definition) is 2. The van der Waals surface area contributed by atoms with Crippen molar-refractivity contribution in [2.75, 3.05) is 23.9 Å². The molecule has 0 unspecified atom stereocenters. The number of amides is 2. The Bertz CT molecular complexity index is 841. The minimum atomic E-state index is -1.03. The Morgan fingerprint density at radius 2 is 1.59 bits per heavy atom. The Morgan fingerprint density at radius 1 is 1.04 bits per heavy atom. The number of alkyl halides is 1. The number of hydrogen-bond donors (Lipinski definition) is 0. The molecule has 1 aliphatic heterocycles. The summed E-state index contributed by atoms with van der Waals surface area (Å²) in [6.45, 7) is 8.64. The van der Waals surface area contributed by atoms with E-state index in [2.05, 4.69) is 4.85 Å². The summed E-state index contributed by atoms with van der Waals surface area (Å²) in [6.07, 6.45) is 0.763. The topological polar surface area (TPSA) is 45.0 Å². The first-order valence-electron chi connectivity index (χ1n) is 8.78. The zero-order valence-corrected chi connectivity index (χ0v) is 15.6. The maximum absolute atomic E-state index is 12.7. The summed E-state index contributed by atoms with van der Waals surface area (Å²) < 4.78 is 0. The van der Waals surface area contributed by atoms with Crippen molar-refractivity contribution >= 4 is 29.1 Å². The molecule has 5 nitrogen and oxygen atoms in total. The van der Waals surface area contributed by atoms with Gasteiger partial charge in [-0.25, -0.2) is 11.5 Å². The lowest BCUT2D eigenvalue weighted by molar-refractivity contribution is -0.117. The molecule has 0 radical (unpaired) electrons. The van der Waals surface area contributed by atoms with Crippen LogP contribution in [0.3, 0.4) is 0 Å². The third-order valence-corrected chi connectivity index (χ3v) is 5.10. The summed E-state index contributed by atoms with van der Waals surface area (Å²) >= 11 is 5.84. The fourth-order valence-corrected chi connectivity index (χ4v) is 3.59. The molecule has 0 aromatic heterocycles. The Kier molecular flexibility index (Phi) is 5.78. The summed E-state index contributed by atoms with van der Waals surface area (Å²) in [5.41, 5.74) is 0.257. The molecule has 1 heterocycles. The number of carbonyl (C=O) groups is 2. The van der Waals surface area contributed by atoms with Gasteiger partial charge in [-0.1, -0.05) is 36.4 Å². The van der Waals surface area contributed by atoms with E-state index in [-0.39, 0.29) is 17.7 Å². The van der Waals surface area contributed by atoms with Crippen LogP contribution in [0.2, 0.25) is 0 Å². The van der Waals surface area contributed by atoms with E-state index < -0.39 is 5.66 Å². The quantitative estimate of drug-likeness (QED) is 0.597. The monoisotopic (exact) mass is 381 g/mol. The molecular formula is C21H20ClN3O2. The molecule has 1 fully saturated rings. The average molecular weight is 382 g/mol. The van der Waals surface area contributed by atoms with Crippen LogP contribution in [0.5, 0.6) is 0 Å². The van der Waals surface area contributed by atoms with E-state index in [1.54, 1.807) is 29.2 Å². The molecule has 0 aliphatic carbocycles. The first-order chi connectivity index (χ1) is 13.1. The average Bonchev–Trinajstić information content (AvgIpc) is 2.75. The van der Waals surface area contributed by atoms with Gasteiger partial charge in [0.25, 0.3) is 5.91 Å². The van der Waals surface area contributed by atoms with Gasteiger partial charge >= 0.3 is 5.66 Å². The van der Waals surface area contributed by atoms with Gasteiger partial charge in [0.2, 0.25) is 5.91 Å². The Labute approximate surface area is 164 Å². The van der Waals surface area contributed by atoms with Crippen molar-refractivity contribution in [2.24, 2.45) is 0 Å². The number of rotatable bonds is 4. The number of anilines is 1. The van der Waals surface area contributed by atoms with Crippen molar-refractivity contribution in [3.8, 4) is 0 Å². The van der Waals surface area contributed by atoms with Crippen molar-refractivity contribution in [3.05, 3.63) is 77.6 Å². The van der Waals surface area contributed by atoms with Crippen molar-refractivity contribution in [1.82, 2.24) is 4.90 Å². The molecule has 0 N–H and O–H groups in total. The SMILES string of the molecule is [C-]#[N+]C1(N(C(=O)CCl)c2ccccc2)CCN(C(=O)c2ccccc2)CC1. The number of likely N-dealkylation sites (tertiary alicyclic amines) is 1. The van der Waals surface area contributed by atoms with Crippen LogP contribution in [0, 0.1) is 6.57 Å². The van der Waals surface area contributed by atoms with Gasteiger partial charge < -0.3 is 4.90 Å². The van der Waals surface area contributed by atoms with E-state index in [0.29, 0.717) is 37.2 Å². The lowest BCUT2D eigenvalue weighted by Crippen LogP contribution is -2.57. The zero-order chi connectivity index (χ0) is 19.3. The van der Waals surface area contributed by atoms with Crippen LogP contribution in [0.4, 0.5) is 5.69 Å². The normalized spacial score (nSPS) is 15.6. The van der Waals surface area contributed by atoms with Gasteiger partial charge in [0.1, 0.15) is 5.88 Å². The number of para-hydroxylation sites is 1. The van der Waals surface area contributed by atoms with E-state index in [9.17, 15) is 9.59 Å². The second-order valence-electron chi connectivity index (χ2n) is 6.45. The highest BCUT2D eigenvalue weighted by atomic mass is 35.5. The van der Waals surface area contributed by atoms with Gasteiger partial charge in [-0.05, 0) is 24.3 Å². The third kappa shape index (κ3) is 3.81. The largest absolute Gasteiger partial charge is 0.338 e. The van der Waals surface area contributed by atoms with Gasteiger partial charge in [0.05, 0.1) is 18.5 Å². The van der Waals surface area contributed by atoms with Crippen molar-refractivity contribution in [2.45, 2.75) is 18.5 Å². The zero-order valence-electron chi connectivity index (χ0n) is 14.8. The van der Waals surface area contributed by atoms with Crippen LogP contribution in [-0.4, -0.2) is 41.3 Å². The van der Waals surface area contributed by atoms with Gasteiger partial charge in [-0.2, -0.15) is 0 Å². The second kappa shape index (κ2) is 8.24. The van der Waals surface area contributed by atoms with Gasteiger partial charge in [-0.3, -0.25) is 14.4 Å². The van der Waals surface area contributed by atoms with Crippen molar-refractivity contribution < 1.29 is 9.59 Å². The molecule has 6 heteroatoms. The minimum absolute atomic E-state index is 0.0517. The number of benzene rings is 2. The fraction of sp³-hybridized carbons (Fsp3) is 0.286. The predicted molar refractivity (Wildman–Crippen MR) is 106 cm³/mol. The summed E-state index contributed by atoms with van der Waals surface area (Å²) in [6, 6.07) is 18.2. The highest BCUT2D eigenvalue weighted by Crippen LogP contribution is 2.35. The van der Waals surface area contributed by atoms with Gasteiger partial charge in [-0.15, -0.1) is 11.6 Å². The van der Waals surface area contributed by atoms with E-state index in [4.69, 9.17) is 18.2 Å². The summed E-state index contributed by atoms with van der Waals surface area (Å²) in [4.78, 5) is 32.4. The van der Waals surface area contributed by atoms with Crippen LogP contribution in [0.1, 0.15) is 23.2 Å². The second-order valence-corrected chi connectivity index (χ2v) is 6.72. The molecule has 3 rings (SSSR count). The number of carbonyl (C=O) groups excluding carboxylic acids is 2. The van der Waals surface area contributed by atoms with E-state index in [0.717, 1.165) is 0 Å². The highest BCUT2D eigenvalue weighted by Gasteiger charge is 2.49. The maximum atomic E-state index is 12.7. The number of piperidine rings is 1. The minimum Gasteiger partial charge on any atom is -0.338 e. The van der Waals surface area contributed by atoms with E-state index in [1.165, 1.54) is 4.90 Å².